The summed E-state index contributed by atoms with van der Waals surface area (Å²) in [6, 6.07) is 18.3. The highest BCUT2D eigenvalue weighted by molar-refractivity contribution is 7.89. The first kappa shape index (κ1) is 17.6. The standard InChI is InChI=1S/C19H16N4O2S2/c24-27(25,15-9-5-2-6-10-15)21-13-18-22-23-19(26-18)17-12-20-11-16(17)14-7-3-1-4-8-14/h1-12,20-21H,13H2. The molecule has 2 aromatic heterocycles. The zero-order valence-electron chi connectivity index (χ0n) is 14.2. The fraction of sp³-hybridized carbons (Fsp3) is 0.0526. The van der Waals surface area contributed by atoms with Crippen molar-refractivity contribution in [2.45, 2.75) is 11.4 Å². The van der Waals surface area contributed by atoms with E-state index in [1.54, 1.807) is 30.3 Å². The van der Waals surface area contributed by atoms with Crippen LogP contribution in [-0.4, -0.2) is 23.6 Å². The van der Waals surface area contributed by atoms with E-state index in [1.165, 1.54) is 11.3 Å². The number of nitrogens with one attached hydrogen (secondary N) is 2. The van der Waals surface area contributed by atoms with Gasteiger partial charge in [-0.2, -0.15) is 0 Å². The number of rotatable bonds is 6. The molecule has 2 N–H and O–H groups in total. The highest BCUT2D eigenvalue weighted by Gasteiger charge is 2.16. The third-order valence-corrected chi connectivity index (χ3v) is 6.37. The van der Waals surface area contributed by atoms with Crippen molar-refractivity contribution in [3.8, 4) is 21.7 Å². The number of aromatic amines is 1. The molecule has 8 heteroatoms. The molecule has 0 aliphatic carbocycles. The van der Waals surface area contributed by atoms with Crippen molar-refractivity contribution in [3.63, 3.8) is 0 Å². The zero-order chi connectivity index (χ0) is 18.7. The van der Waals surface area contributed by atoms with Gasteiger partial charge < -0.3 is 4.98 Å². The molecule has 0 spiro atoms. The lowest BCUT2D eigenvalue weighted by atomic mass is 10.1. The second kappa shape index (κ2) is 7.43. The molecule has 2 aromatic carbocycles. The molecule has 136 valence electrons. The largest absolute Gasteiger partial charge is 0.366 e. The first-order valence-corrected chi connectivity index (χ1v) is 10.5. The number of aromatic nitrogens is 3. The van der Waals surface area contributed by atoms with E-state index < -0.39 is 10.0 Å². The Morgan fingerprint density at radius 3 is 2.30 bits per heavy atom. The summed E-state index contributed by atoms with van der Waals surface area (Å²) in [5, 5.41) is 9.70. The quantitative estimate of drug-likeness (QED) is 0.520. The maximum absolute atomic E-state index is 12.3. The van der Waals surface area contributed by atoms with Gasteiger partial charge in [0, 0.05) is 23.5 Å². The Labute approximate surface area is 161 Å². The minimum atomic E-state index is -3.57. The van der Waals surface area contributed by atoms with E-state index in [9.17, 15) is 8.42 Å². The van der Waals surface area contributed by atoms with Crippen molar-refractivity contribution in [2.24, 2.45) is 0 Å². The molecule has 0 bridgehead atoms. The van der Waals surface area contributed by atoms with Gasteiger partial charge >= 0.3 is 0 Å². The Morgan fingerprint density at radius 2 is 1.56 bits per heavy atom. The van der Waals surface area contributed by atoms with Crippen LogP contribution in [0.1, 0.15) is 5.01 Å². The smallest absolute Gasteiger partial charge is 0.240 e. The summed E-state index contributed by atoms with van der Waals surface area (Å²) in [4.78, 5) is 3.34. The van der Waals surface area contributed by atoms with Gasteiger partial charge in [-0.25, -0.2) is 13.1 Å². The number of hydrogen-bond donors (Lipinski definition) is 2. The molecule has 0 saturated heterocycles. The monoisotopic (exact) mass is 396 g/mol. The van der Waals surface area contributed by atoms with Crippen LogP contribution in [0.25, 0.3) is 21.7 Å². The predicted octanol–water partition coefficient (Wildman–Crippen LogP) is 3.68. The number of hydrogen-bond acceptors (Lipinski definition) is 5. The van der Waals surface area contributed by atoms with Crippen LogP contribution < -0.4 is 4.72 Å². The molecule has 4 rings (SSSR count). The van der Waals surface area contributed by atoms with Crippen molar-refractivity contribution >= 4 is 21.4 Å². The molecule has 0 amide bonds. The molecular formula is C19H16N4O2S2. The van der Waals surface area contributed by atoms with Crippen molar-refractivity contribution in [3.05, 3.63) is 78.1 Å². The normalized spacial score (nSPS) is 11.6. The average Bonchev–Trinajstić information content (AvgIpc) is 3.37. The maximum atomic E-state index is 12.3. The van der Waals surface area contributed by atoms with E-state index in [-0.39, 0.29) is 11.4 Å². The topological polar surface area (TPSA) is 87.7 Å². The zero-order valence-corrected chi connectivity index (χ0v) is 15.8. The average molecular weight is 396 g/mol. The summed E-state index contributed by atoms with van der Waals surface area (Å²) in [5.41, 5.74) is 3.05. The predicted molar refractivity (Wildman–Crippen MR) is 106 cm³/mol. The molecule has 0 aliphatic rings. The summed E-state index contributed by atoms with van der Waals surface area (Å²) in [6.45, 7) is 0.0972. The Kier molecular flexibility index (Phi) is 4.85. The molecular weight excluding hydrogens is 380 g/mol. The Morgan fingerprint density at radius 1 is 0.889 bits per heavy atom. The Bertz CT molecular complexity index is 1140. The fourth-order valence-electron chi connectivity index (χ4n) is 2.67. The van der Waals surface area contributed by atoms with Gasteiger partial charge in [0.1, 0.15) is 10.0 Å². The Balaban J connectivity index is 1.53. The number of H-pyrrole nitrogens is 1. The van der Waals surface area contributed by atoms with Gasteiger partial charge in [-0.15, -0.1) is 10.2 Å². The van der Waals surface area contributed by atoms with Crippen LogP contribution in [0.4, 0.5) is 0 Å². The molecule has 2 heterocycles. The molecule has 6 nitrogen and oxygen atoms in total. The van der Waals surface area contributed by atoms with Crippen LogP contribution in [0, 0.1) is 0 Å². The molecule has 0 saturated carbocycles. The van der Waals surface area contributed by atoms with E-state index in [1.807, 2.05) is 42.7 Å². The van der Waals surface area contributed by atoms with E-state index in [4.69, 9.17) is 0 Å². The third kappa shape index (κ3) is 3.82. The van der Waals surface area contributed by atoms with E-state index in [2.05, 4.69) is 19.9 Å². The van der Waals surface area contributed by atoms with Crippen molar-refractivity contribution in [1.29, 1.82) is 0 Å². The lowest BCUT2D eigenvalue weighted by molar-refractivity contribution is 0.581. The summed E-state index contributed by atoms with van der Waals surface area (Å²) in [5.74, 6) is 0. The van der Waals surface area contributed by atoms with Crippen molar-refractivity contribution < 1.29 is 8.42 Å². The van der Waals surface area contributed by atoms with Crippen LogP contribution >= 0.6 is 11.3 Å². The number of benzene rings is 2. The summed E-state index contributed by atoms with van der Waals surface area (Å²) in [6.07, 6.45) is 3.80. The molecule has 0 atom stereocenters. The fourth-order valence-corrected chi connectivity index (χ4v) is 4.58. The minimum absolute atomic E-state index is 0.0972. The first-order chi connectivity index (χ1) is 13.1. The molecule has 27 heavy (non-hydrogen) atoms. The van der Waals surface area contributed by atoms with Crippen molar-refractivity contribution in [2.75, 3.05) is 0 Å². The van der Waals surface area contributed by atoms with Gasteiger partial charge in [-0.05, 0) is 17.7 Å². The molecule has 0 radical (unpaired) electrons. The number of sulfonamides is 1. The van der Waals surface area contributed by atoms with E-state index in [0.717, 1.165) is 21.7 Å². The van der Waals surface area contributed by atoms with E-state index >= 15 is 0 Å². The van der Waals surface area contributed by atoms with E-state index in [0.29, 0.717) is 5.01 Å². The van der Waals surface area contributed by atoms with Gasteiger partial charge in [-0.1, -0.05) is 59.9 Å². The maximum Gasteiger partial charge on any atom is 0.240 e. The highest BCUT2D eigenvalue weighted by Crippen LogP contribution is 2.33. The lowest BCUT2D eigenvalue weighted by Gasteiger charge is -2.04. The molecule has 4 aromatic rings. The molecule has 0 unspecified atom stereocenters. The van der Waals surface area contributed by atoms with Gasteiger partial charge in [0.15, 0.2) is 0 Å². The van der Waals surface area contributed by atoms with Crippen LogP contribution in [0.2, 0.25) is 0 Å². The van der Waals surface area contributed by atoms with Gasteiger partial charge in [0.25, 0.3) is 0 Å². The minimum Gasteiger partial charge on any atom is -0.366 e. The van der Waals surface area contributed by atoms with Crippen LogP contribution in [0.15, 0.2) is 78.0 Å². The Hall–Kier alpha value is -2.81. The summed E-state index contributed by atoms with van der Waals surface area (Å²) < 4.78 is 27.2. The molecule has 0 aliphatic heterocycles. The third-order valence-electron chi connectivity index (χ3n) is 3.99. The second-order valence-electron chi connectivity index (χ2n) is 5.79. The van der Waals surface area contributed by atoms with Crippen LogP contribution in [-0.2, 0) is 16.6 Å². The highest BCUT2D eigenvalue weighted by atomic mass is 32.2. The summed E-state index contributed by atoms with van der Waals surface area (Å²) in [7, 11) is -3.57. The van der Waals surface area contributed by atoms with Crippen LogP contribution in [0.3, 0.4) is 0 Å². The van der Waals surface area contributed by atoms with Crippen molar-refractivity contribution in [1.82, 2.24) is 19.9 Å². The second-order valence-corrected chi connectivity index (χ2v) is 8.62. The first-order valence-electron chi connectivity index (χ1n) is 8.23. The van der Waals surface area contributed by atoms with Gasteiger partial charge in [-0.3, -0.25) is 0 Å². The number of nitrogens with zero attached hydrogens (tertiary/aromatic N) is 2. The van der Waals surface area contributed by atoms with Crippen LogP contribution in [0.5, 0.6) is 0 Å². The van der Waals surface area contributed by atoms with Gasteiger partial charge in [0.2, 0.25) is 10.0 Å². The lowest BCUT2D eigenvalue weighted by Crippen LogP contribution is -2.23. The van der Waals surface area contributed by atoms with Gasteiger partial charge in [0.05, 0.1) is 11.4 Å². The molecule has 0 fully saturated rings. The summed E-state index contributed by atoms with van der Waals surface area (Å²) >= 11 is 1.37. The SMILES string of the molecule is O=S(=O)(NCc1nnc(-c2c[nH]cc2-c2ccccc2)s1)c1ccccc1.